The molecule has 160 valence electrons. The van der Waals surface area contributed by atoms with Crippen molar-refractivity contribution in [2.45, 2.75) is 82.3 Å². The lowest BCUT2D eigenvalue weighted by Crippen LogP contribution is -2.71. The minimum Gasteiger partial charge on any atom is -0.441 e. The van der Waals surface area contributed by atoms with Crippen molar-refractivity contribution < 1.29 is 28.2 Å². The minimum absolute atomic E-state index is 0.205. The molecule has 3 aliphatic rings. The van der Waals surface area contributed by atoms with Gasteiger partial charge in [-0.2, -0.15) is 0 Å². The Labute approximate surface area is 173 Å². The third-order valence-corrected chi connectivity index (χ3v) is 11.3. The zero-order chi connectivity index (χ0) is 21.2. The summed E-state index contributed by atoms with van der Waals surface area (Å²) in [6.07, 6.45) is -3.28. The predicted octanol–water partition coefficient (Wildman–Crippen LogP) is 3.56. The van der Waals surface area contributed by atoms with Gasteiger partial charge in [0.15, 0.2) is 12.4 Å². The number of hydrogen-bond acceptors (Lipinski definition) is 6. The molecule has 3 heterocycles. The van der Waals surface area contributed by atoms with E-state index in [0.29, 0.717) is 12.3 Å². The number of carbonyl (C=O) groups excluding carboxylic acids is 1. The molecule has 3 aliphatic heterocycles. The second kappa shape index (κ2) is 6.78. The highest BCUT2D eigenvalue weighted by molar-refractivity contribution is 6.73. The largest absolute Gasteiger partial charge is 0.441 e. The van der Waals surface area contributed by atoms with Crippen molar-refractivity contribution in [3.05, 3.63) is 30.3 Å². The maximum absolute atomic E-state index is 12.8. The summed E-state index contributed by atoms with van der Waals surface area (Å²) in [6, 6.07) is 8.53. The van der Waals surface area contributed by atoms with Gasteiger partial charge >= 0.3 is 14.7 Å². The highest BCUT2D eigenvalue weighted by atomic mass is 28.4. The van der Waals surface area contributed by atoms with Crippen molar-refractivity contribution in [1.82, 2.24) is 0 Å². The summed E-state index contributed by atoms with van der Waals surface area (Å²) in [5, 5.41) is 10.3. The Morgan fingerprint density at radius 1 is 1.03 bits per heavy atom. The first-order valence-corrected chi connectivity index (χ1v) is 12.0. The SMILES string of the molecule is CC(C)(C)[Si]1(C(C)(C)C)OC[C@H]2O[C@H](O)[C@@H]3[C@@H](OC(=O)N3c3ccccc3)[C@@H]2O1. The van der Waals surface area contributed by atoms with Crippen LogP contribution in [-0.2, 0) is 18.3 Å². The quantitative estimate of drug-likeness (QED) is 0.699. The Bertz CT molecular complexity index is 760. The first-order valence-electron chi connectivity index (χ1n) is 10.2. The van der Waals surface area contributed by atoms with E-state index < -0.39 is 45.3 Å². The zero-order valence-corrected chi connectivity index (χ0v) is 18.9. The molecule has 1 aromatic rings. The van der Waals surface area contributed by atoms with Crippen LogP contribution in [0.25, 0.3) is 0 Å². The van der Waals surface area contributed by atoms with Gasteiger partial charge < -0.3 is 23.4 Å². The van der Waals surface area contributed by atoms with E-state index >= 15 is 0 Å². The van der Waals surface area contributed by atoms with Crippen molar-refractivity contribution in [2.24, 2.45) is 0 Å². The van der Waals surface area contributed by atoms with Crippen LogP contribution in [0.15, 0.2) is 30.3 Å². The van der Waals surface area contributed by atoms with Crippen LogP contribution in [-0.4, -0.2) is 57.0 Å². The van der Waals surface area contributed by atoms with Crippen LogP contribution >= 0.6 is 0 Å². The number of hydrogen-bond donors (Lipinski definition) is 1. The van der Waals surface area contributed by atoms with E-state index in [0.717, 1.165) is 0 Å². The number of anilines is 1. The standard InChI is InChI=1S/C21H31NO6Si/c1-20(2,3)29(21(4,5)6)25-12-14-16(28-29)17-15(18(23)26-14)22(19(24)27-17)13-10-8-7-9-11-13/h7-11,14-18,23H,12H2,1-6H3/t14-,15+,16-,17-,18+/m1/s1. The summed E-state index contributed by atoms with van der Waals surface area (Å²) in [5.41, 5.74) is 0.660. The lowest BCUT2D eigenvalue weighted by atomic mass is 9.96. The van der Waals surface area contributed by atoms with E-state index in [1.807, 2.05) is 30.3 Å². The summed E-state index contributed by atoms with van der Waals surface area (Å²) in [7, 11) is -2.77. The second-order valence-corrected chi connectivity index (χ2v) is 14.9. The molecule has 0 aromatic heterocycles. The zero-order valence-electron chi connectivity index (χ0n) is 17.9. The van der Waals surface area contributed by atoms with Gasteiger partial charge in [0.2, 0.25) is 0 Å². The fourth-order valence-electron chi connectivity index (χ4n) is 5.09. The third-order valence-electron chi connectivity index (χ3n) is 6.13. The van der Waals surface area contributed by atoms with Crippen molar-refractivity contribution in [1.29, 1.82) is 0 Å². The molecule has 1 N–H and O–H groups in total. The number of fused-ring (bicyclic) bond motifs is 3. The van der Waals surface area contributed by atoms with E-state index in [4.69, 9.17) is 18.3 Å². The number of ether oxygens (including phenoxy) is 2. The number of carbonyl (C=O) groups is 1. The molecule has 0 radical (unpaired) electrons. The molecule has 4 rings (SSSR count). The molecule has 3 fully saturated rings. The van der Waals surface area contributed by atoms with Gasteiger partial charge in [0.25, 0.3) is 0 Å². The maximum atomic E-state index is 12.8. The lowest BCUT2D eigenvalue weighted by Gasteiger charge is -2.56. The predicted molar refractivity (Wildman–Crippen MR) is 110 cm³/mol. The highest BCUT2D eigenvalue weighted by Crippen LogP contribution is 2.55. The average molecular weight is 422 g/mol. The fourth-order valence-corrected chi connectivity index (χ4v) is 10.1. The molecule has 3 saturated heterocycles. The lowest BCUT2D eigenvalue weighted by molar-refractivity contribution is -0.251. The van der Waals surface area contributed by atoms with Crippen molar-refractivity contribution >= 4 is 20.3 Å². The van der Waals surface area contributed by atoms with Gasteiger partial charge in [-0.15, -0.1) is 0 Å². The normalized spacial score (nSPS) is 34.4. The molecule has 1 aromatic carbocycles. The van der Waals surface area contributed by atoms with Gasteiger partial charge in [0.1, 0.15) is 18.2 Å². The third kappa shape index (κ3) is 3.12. The monoisotopic (exact) mass is 421 g/mol. The molecule has 0 unspecified atom stereocenters. The van der Waals surface area contributed by atoms with Gasteiger partial charge in [-0.05, 0) is 12.1 Å². The molecular weight excluding hydrogens is 390 g/mol. The number of amides is 1. The van der Waals surface area contributed by atoms with Gasteiger partial charge in [-0.25, -0.2) is 4.79 Å². The Hall–Kier alpha value is -1.45. The Morgan fingerprint density at radius 3 is 2.24 bits per heavy atom. The van der Waals surface area contributed by atoms with Gasteiger partial charge in [-0.3, -0.25) is 4.90 Å². The van der Waals surface area contributed by atoms with E-state index in [1.54, 1.807) is 0 Å². The van der Waals surface area contributed by atoms with E-state index in [-0.39, 0.29) is 10.1 Å². The van der Waals surface area contributed by atoms with Gasteiger partial charge in [0.05, 0.1) is 6.61 Å². The van der Waals surface area contributed by atoms with Crippen LogP contribution in [0.4, 0.5) is 10.5 Å². The summed E-state index contributed by atoms with van der Waals surface area (Å²) in [5.74, 6) is 0. The van der Waals surface area contributed by atoms with Crippen LogP contribution in [0.3, 0.4) is 0 Å². The molecule has 7 nitrogen and oxygen atoms in total. The Kier molecular flexibility index (Phi) is 4.86. The number of aliphatic hydroxyl groups is 1. The number of para-hydroxylation sites is 1. The molecule has 1 amide bonds. The fraction of sp³-hybridized carbons (Fsp3) is 0.667. The Balaban J connectivity index is 1.71. The van der Waals surface area contributed by atoms with Crippen LogP contribution < -0.4 is 4.90 Å². The molecule has 0 saturated carbocycles. The minimum atomic E-state index is -2.77. The van der Waals surface area contributed by atoms with Crippen LogP contribution in [0, 0.1) is 0 Å². The summed E-state index contributed by atoms with van der Waals surface area (Å²) < 4.78 is 24.9. The van der Waals surface area contributed by atoms with Crippen molar-refractivity contribution in [3.63, 3.8) is 0 Å². The molecule has 5 atom stereocenters. The summed E-state index contributed by atoms with van der Waals surface area (Å²) in [4.78, 5) is 14.3. The molecule has 0 bridgehead atoms. The van der Waals surface area contributed by atoms with Crippen LogP contribution in [0.2, 0.25) is 10.1 Å². The molecule has 29 heavy (non-hydrogen) atoms. The van der Waals surface area contributed by atoms with E-state index in [9.17, 15) is 9.90 Å². The highest BCUT2D eigenvalue weighted by Gasteiger charge is 2.67. The number of aliphatic hydroxyl groups excluding tert-OH is 1. The summed E-state index contributed by atoms with van der Waals surface area (Å²) in [6.45, 7) is 13.1. The topological polar surface area (TPSA) is 77.5 Å². The second-order valence-electron chi connectivity index (χ2n) is 10.1. The number of rotatable bonds is 1. The average Bonchev–Trinajstić information content (AvgIpc) is 2.98. The van der Waals surface area contributed by atoms with Crippen LogP contribution in [0.5, 0.6) is 0 Å². The van der Waals surface area contributed by atoms with E-state index in [1.165, 1.54) is 4.90 Å². The first-order chi connectivity index (χ1) is 13.5. The maximum Gasteiger partial charge on any atom is 0.415 e. The smallest absolute Gasteiger partial charge is 0.415 e. The van der Waals surface area contributed by atoms with Crippen molar-refractivity contribution in [2.75, 3.05) is 11.5 Å². The molecular formula is C21H31NO6Si. The number of nitrogens with zero attached hydrogens (tertiary/aromatic N) is 1. The molecule has 0 aliphatic carbocycles. The first kappa shape index (κ1) is 20.8. The summed E-state index contributed by atoms with van der Waals surface area (Å²) >= 11 is 0. The molecule has 0 spiro atoms. The van der Waals surface area contributed by atoms with Crippen molar-refractivity contribution in [3.8, 4) is 0 Å². The number of benzene rings is 1. The van der Waals surface area contributed by atoms with Gasteiger partial charge in [0, 0.05) is 15.8 Å². The molecule has 8 heteroatoms. The van der Waals surface area contributed by atoms with Gasteiger partial charge in [-0.1, -0.05) is 59.7 Å². The van der Waals surface area contributed by atoms with E-state index in [2.05, 4.69) is 41.5 Å². The van der Waals surface area contributed by atoms with Crippen LogP contribution in [0.1, 0.15) is 41.5 Å². The Morgan fingerprint density at radius 2 is 1.66 bits per heavy atom.